The minimum Gasteiger partial charge on any atom is -0.494 e. The number of carbonyl (C=O) groups excluding carboxylic acids is 1. The molecule has 0 N–H and O–H groups in total. The van der Waals surface area contributed by atoms with Crippen LogP contribution in [0.4, 0.5) is 5.13 Å². The molecule has 0 radical (unpaired) electrons. The molecule has 1 fully saturated rings. The van der Waals surface area contributed by atoms with E-state index < -0.39 is 0 Å². The Hall–Kier alpha value is -2.48. The van der Waals surface area contributed by atoms with Crippen molar-refractivity contribution in [3.63, 3.8) is 0 Å². The second-order valence-electron chi connectivity index (χ2n) is 8.53. The SMILES string of the molecule is CCOc1ccc(CC(=O)N(CCCN2CCOCC2)c2nc3cc(C)cc(C)c3s2)cc1. The molecule has 1 amide bonds. The molecule has 0 spiro atoms. The molecule has 0 saturated carbocycles. The Bertz CT molecular complexity index is 1070. The maximum atomic E-state index is 13.5. The number of aryl methyl sites for hydroxylation is 2. The highest BCUT2D eigenvalue weighted by Crippen LogP contribution is 2.32. The summed E-state index contributed by atoms with van der Waals surface area (Å²) in [6.45, 7) is 11.9. The summed E-state index contributed by atoms with van der Waals surface area (Å²) in [5.74, 6) is 0.905. The Labute approximate surface area is 200 Å². The Morgan fingerprint density at radius 3 is 2.67 bits per heavy atom. The summed E-state index contributed by atoms with van der Waals surface area (Å²) in [5.41, 5.74) is 4.35. The van der Waals surface area contributed by atoms with Crippen LogP contribution in [-0.2, 0) is 16.0 Å². The van der Waals surface area contributed by atoms with E-state index in [1.165, 1.54) is 11.1 Å². The van der Waals surface area contributed by atoms with E-state index in [2.05, 4.69) is 30.9 Å². The molecule has 6 nitrogen and oxygen atoms in total. The average Bonchev–Trinajstić information content (AvgIpc) is 3.23. The highest BCUT2D eigenvalue weighted by molar-refractivity contribution is 7.22. The van der Waals surface area contributed by atoms with Gasteiger partial charge in [-0.25, -0.2) is 4.98 Å². The van der Waals surface area contributed by atoms with Crippen LogP contribution in [0.3, 0.4) is 0 Å². The van der Waals surface area contributed by atoms with E-state index >= 15 is 0 Å². The normalized spacial score (nSPS) is 14.5. The lowest BCUT2D eigenvalue weighted by atomic mass is 10.1. The molecule has 4 rings (SSSR count). The van der Waals surface area contributed by atoms with Crippen LogP contribution in [0.1, 0.15) is 30.0 Å². The van der Waals surface area contributed by atoms with Gasteiger partial charge in [0, 0.05) is 26.2 Å². The maximum Gasteiger partial charge on any atom is 0.233 e. The van der Waals surface area contributed by atoms with Gasteiger partial charge in [0.1, 0.15) is 5.75 Å². The van der Waals surface area contributed by atoms with E-state index in [0.29, 0.717) is 19.6 Å². The zero-order chi connectivity index (χ0) is 23.2. The minimum absolute atomic E-state index is 0.0783. The van der Waals surface area contributed by atoms with E-state index in [1.54, 1.807) is 11.3 Å². The number of rotatable bonds is 9. The number of hydrogen-bond donors (Lipinski definition) is 0. The molecule has 1 aliphatic rings. The van der Waals surface area contributed by atoms with Gasteiger partial charge in [0.15, 0.2) is 5.13 Å². The Kier molecular flexibility index (Phi) is 7.96. The molecule has 0 aliphatic carbocycles. The number of aromatic nitrogens is 1. The van der Waals surface area contributed by atoms with E-state index in [1.807, 2.05) is 36.1 Å². The number of anilines is 1. The first kappa shape index (κ1) is 23.7. The van der Waals surface area contributed by atoms with Crippen LogP contribution in [0.5, 0.6) is 5.75 Å². The quantitative estimate of drug-likeness (QED) is 0.460. The van der Waals surface area contributed by atoms with Gasteiger partial charge < -0.3 is 9.47 Å². The van der Waals surface area contributed by atoms with Gasteiger partial charge in [-0.3, -0.25) is 14.6 Å². The molecule has 2 aromatic carbocycles. The molecular formula is C26H33N3O3S. The van der Waals surface area contributed by atoms with Crippen LogP contribution < -0.4 is 9.64 Å². The van der Waals surface area contributed by atoms with Crippen LogP contribution in [0.15, 0.2) is 36.4 Å². The number of amides is 1. The Morgan fingerprint density at radius 1 is 1.18 bits per heavy atom. The summed E-state index contributed by atoms with van der Waals surface area (Å²) < 4.78 is 12.1. The van der Waals surface area contributed by atoms with Crippen LogP contribution in [-0.4, -0.2) is 61.8 Å². The van der Waals surface area contributed by atoms with Gasteiger partial charge in [0.2, 0.25) is 5.91 Å². The van der Waals surface area contributed by atoms with Crippen LogP contribution in [0.2, 0.25) is 0 Å². The molecular weight excluding hydrogens is 434 g/mol. The van der Waals surface area contributed by atoms with E-state index in [4.69, 9.17) is 14.5 Å². The Morgan fingerprint density at radius 2 is 1.94 bits per heavy atom. The van der Waals surface area contributed by atoms with Crippen molar-refractivity contribution in [2.75, 3.05) is 50.9 Å². The van der Waals surface area contributed by atoms with E-state index in [-0.39, 0.29) is 5.91 Å². The van der Waals surface area contributed by atoms with Gasteiger partial charge in [-0.2, -0.15) is 0 Å². The number of nitrogens with zero attached hydrogens (tertiary/aromatic N) is 3. The van der Waals surface area contributed by atoms with Crippen LogP contribution >= 0.6 is 11.3 Å². The monoisotopic (exact) mass is 467 g/mol. The molecule has 0 atom stereocenters. The number of morpholine rings is 1. The topological polar surface area (TPSA) is 54.9 Å². The highest BCUT2D eigenvalue weighted by atomic mass is 32.1. The van der Waals surface area contributed by atoms with Crippen molar-refractivity contribution < 1.29 is 14.3 Å². The Balaban J connectivity index is 1.52. The number of fused-ring (bicyclic) bond motifs is 1. The van der Waals surface area contributed by atoms with Crippen LogP contribution in [0.25, 0.3) is 10.2 Å². The van der Waals surface area contributed by atoms with E-state index in [0.717, 1.165) is 65.9 Å². The third-order valence-electron chi connectivity index (χ3n) is 5.89. The summed E-state index contributed by atoms with van der Waals surface area (Å²) in [5, 5.41) is 0.789. The lowest BCUT2D eigenvalue weighted by Crippen LogP contribution is -2.39. The second kappa shape index (κ2) is 11.1. The first-order valence-electron chi connectivity index (χ1n) is 11.7. The summed E-state index contributed by atoms with van der Waals surface area (Å²) in [4.78, 5) is 22.6. The van der Waals surface area contributed by atoms with Crippen molar-refractivity contribution in [2.45, 2.75) is 33.6 Å². The number of hydrogen-bond acceptors (Lipinski definition) is 6. The van der Waals surface area contributed by atoms with Crippen molar-refractivity contribution in [3.05, 3.63) is 53.1 Å². The molecule has 176 valence electrons. The van der Waals surface area contributed by atoms with Crippen LogP contribution in [0, 0.1) is 13.8 Å². The summed E-state index contributed by atoms with van der Waals surface area (Å²) in [6, 6.07) is 12.1. The fourth-order valence-corrected chi connectivity index (χ4v) is 5.28. The molecule has 33 heavy (non-hydrogen) atoms. The minimum atomic E-state index is 0.0783. The van der Waals surface area contributed by atoms with Gasteiger partial charge in [-0.1, -0.05) is 29.5 Å². The average molecular weight is 468 g/mol. The van der Waals surface area contributed by atoms with Crippen molar-refractivity contribution in [1.82, 2.24) is 9.88 Å². The van der Waals surface area contributed by atoms with E-state index in [9.17, 15) is 4.79 Å². The lowest BCUT2D eigenvalue weighted by molar-refractivity contribution is -0.118. The molecule has 3 aromatic rings. The predicted octanol–water partition coefficient (Wildman–Crippen LogP) is 4.61. The maximum absolute atomic E-state index is 13.5. The highest BCUT2D eigenvalue weighted by Gasteiger charge is 2.21. The summed E-state index contributed by atoms with van der Waals surface area (Å²) in [7, 11) is 0. The molecule has 0 bridgehead atoms. The number of ether oxygens (including phenoxy) is 2. The van der Waals surface area contributed by atoms with Crippen molar-refractivity contribution in [3.8, 4) is 5.75 Å². The molecule has 1 aliphatic heterocycles. The second-order valence-corrected chi connectivity index (χ2v) is 9.51. The van der Waals surface area contributed by atoms with Gasteiger partial charge in [0.05, 0.1) is 36.5 Å². The van der Waals surface area contributed by atoms with Gasteiger partial charge in [-0.15, -0.1) is 0 Å². The number of benzene rings is 2. The van der Waals surface area contributed by atoms with Gasteiger partial charge in [0.25, 0.3) is 0 Å². The van der Waals surface area contributed by atoms with Gasteiger partial charge in [-0.05, 0) is 62.1 Å². The summed E-state index contributed by atoms with van der Waals surface area (Å²) >= 11 is 1.62. The molecule has 1 saturated heterocycles. The first-order chi connectivity index (χ1) is 16.0. The third kappa shape index (κ3) is 6.10. The lowest BCUT2D eigenvalue weighted by Gasteiger charge is -2.27. The molecule has 2 heterocycles. The molecule has 0 unspecified atom stereocenters. The van der Waals surface area contributed by atoms with Gasteiger partial charge >= 0.3 is 0 Å². The standard InChI is InChI=1S/C26H33N3O3S/c1-4-32-22-8-6-21(7-9-22)18-24(30)29(11-5-10-28-12-14-31-15-13-28)26-27-23-17-19(2)16-20(3)25(23)33-26/h6-9,16-17H,4-5,10-15,18H2,1-3H3. The fourth-order valence-electron chi connectivity index (χ4n) is 4.22. The zero-order valence-corrected chi connectivity index (χ0v) is 20.6. The smallest absolute Gasteiger partial charge is 0.233 e. The number of thiazole rings is 1. The van der Waals surface area contributed by atoms with Crippen molar-refractivity contribution in [1.29, 1.82) is 0 Å². The fraction of sp³-hybridized carbons (Fsp3) is 0.462. The molecule has 1 aromatic heterocycles. The number of carbonyl (C=O) groups is 1. The van der Waals surface area contributed by atoms with Crippen molar-refractivity contribution in [2.24, 2.45) is 0 Å². The third-order valence-corrected chi connectivity index (χ3v) is 7.12. The van der Waals surface area contributed by atoms with Crippen molar-refractivity contribution >= 4 is 32.6 Å². The largest absolute Gasteiger partial charge is 0.494 e. The zero-order valence-electron chi connectivity index (χ0n) is 19.8. The summed E-state index contributed by atoms with van der Waals surface area (Å²) in [6.07, 6.45) is 1.25. The first-order valence-corrected chi connectivity index (χ1v) is 12.5. The molecule has 7 heteroatoms. The predicted molar refractivity (Wildman–Crippen MR) is 135 cm³/mol.